The molecule has 0 spiro atoms. The molecule has 0 radical (unpaired) electrons. The molecule has 3 heteroatoms. The molecule has 0 unspecified atom stereocenters. The molecule has 0 bridgehead atoms. The van der Waals surface area contributed by atoms with Crippen molar-refractivity contribution in [1.29, 1.82) is 0 Å². The molecular weight excluding hydrogens is 420 g/mol. The molecule has 0 fully saturated rings. The second kappa shape index (κ2) is 11.7. The van der Waals surface area contributed by atoms with Gasteiger partial charge in [-0.05, 0) is 32.0 Å². The Morgan fingerprint density at radius 1 is 0.828 bits per heavy atom. The van der Waals surface area contributed by atoms with Crippen molar-refractivity contribution in [2.75, 3.05) is 0 Å². The van der Waals surface area contributed by atoms with E-state index in [4.69, 9.17) is 9.97 Å². The molecule has 2 aromatic carbocycles. The lowest BCUT2D eigenvalue weighted by atomic mass is 10.1. The summed E-state index contributed by atoms with van der Waals surface area (Å²) in [4.78, 5) is 9.46. The summed E-state index contributed by atoms with van der Waals surface area (Å²) >= 11 is 3.47. The molecule has 3 aromatic rings. The summed E-state index contributed by atoms with van der Waals surface area (Å²) in [5, 5.41) is 0. The average Bonchev–Trinajstić information content (AvgIpc) is 2.78. The van der Waals surface area contributed by atoms with Gasteiger partial charge in [-0.25, -0.2) is 9.97 Å². The maximum absolute atomic E-state index is 4.73. The van der Waals surface area contributed by atoms with Crippen LogP contribution >= 0.6 is 15.9 Å². The molecule has 1 heterocycles. The molecule has 0 N–H and O–H groups in total. The van der Waals surface area contributed by atoms with Crippen LogP contribution in [0.25, 0.3) is 28.1 Å². The fourth-order valence-electron chi connectivity index (χ4n) is 2.46. The third-order valence-corrected chi connectivity index (χ3v) is 4.57. The van der Waals surface area contributed by atoms with Gasteiger partial charge in [0.25, 0.3) is 0 Å². The monoisotopic (exact) mass is 444 g/mol. The Bertz CT molecular complexity index is 997. The molecular formula is C26H25BrN2. The number of hydrogen-bond acceptors (Lipinski definition) is 2. The van der Waals surface area contributed by atoms with E-state index in [-0.39, 0.29) is 0 Å². The van der Waals surface area contributed by atoms with E-state index in [0.29, 0.717) is 5.82 Å². The number of hydrogen-bond donors (Lipinski definition) is 0. The van der Waals surface area contributed by atoms with Crippen molar-refractivity contribution in [3.05, 3.63) is 114 Å². The molecule has 29 heavy (non-hydrogen) atoms. The first-order chi connectivity index (χ1) is 14.1. The molecule has 0 saturated carbocycles. The van der Waals surface area contributed by atoms with E-state index in [2.05, 4.69) is 29.1 Å². The Morgan fingerprint density at radius 2 is 1.38 bits per heavy atom. The smallest absolute Gasteiger partial charge is 0.160 e. The summed E-state index contributed by atoms with van der Waals surface area (Å²) in [5.41, 5.74) is 4.66. The number of nitrogens with zero attached hydrogens (tertiary/aromatic N) is 2. The van der Waals surface area contributed by atoms with Gasteiger partial charge in [0.2, 0.25) is 0 Å². The SMILES string of the molecule is C/C=C\C.C=C/C=C(\C=C)c1nc(-c2ccccc2)cc(-c2ccc(Br)cc2)n1. The lowest BCUT2D eigenvalue weighted by molar-refractivity contribution is 1.13. The lowest BCUT2D eigenvalue weighted by Gasteiger charge is -2.09. The van der Waals surface area contributed by atoms with Crippen LogP contribution in [0, 0.1) is 0 Å². The molecule has 0 saturated heterocycles. The van der Waals surface area contributed by atoms with Crippen LogP contribution in [-0.2, 0) is 0 Å². The van der Waals surface area contributed by atoms with Crippen molar-refractivity contribution in [2.24, 2.45) is 0 Å². The minimum absolute atomic E-state index is 0.633. The first kappa shape index (κ1) is 22.3. The number of allylic oxidation sites excluding steroid dienone is 6. The Kier molecular flexibility index (Phi) is 9.00. The van der Waals surface area contributed by atoms with Crippen molar-refractivity contribution < 1.29 is 0 Å². The third-order valence-electron chi connectivity index (χ3n) is 4.04. The summed E-state index contributed by atoms with van der Waals surface area (Å²) in [5.74, 6) is 0.633. The molecule has 0 aliphatic heterocycles. The summed E-state index contributed by atoms with van der Waals surface area (Å²) in [7, 11) is 0. The summed E-state index contributed by atoms with van der Waals surface area (Å²) in [6, 6.07) is 20.2. The van der Waals surface area contributed by atoms with Crippen molar-refractivity contribution >= 4 is 21.5 Å². The van der Waals surface area contributed by atoms with Gasteiger partial charge in [-0.15, -0.1) is 0 Å². The molecule has 2 nitrogen and oxygen atoms in total. The largest absolute Gasteiger partial charge is 0.228 e. The number of aromatic nitrogens is 2. The highest BCUT2D eigenvalue weighted by Crippen LogP contribution is 2.27. The highest BCUT2D eigenvalue weighted by atomic mass is 79.9. The minimum Gasteiger partial charge on any atom is -0.228 e. The van der Waals surface area contributed by atoms with E-state index >= 15 is 0 Å². The summed E-state index contributed by atoms with van der Waals surface area (Å²) in [6.07, 6.45) is 9.33. The van der Waals surface area contributed by atoms with E-state index in [9.17, 15) is 0 Å². The third kappa shape index (κ3) is 6.51. The van der Waals surface area contributed by atoms with Gasteiger partial charge >= 0.3 is 0 Å². The van der Waals surface area contributed by atoms with Gasteiger partial charge in [0.05, 0.1) is 11.4 Å². The minimum atomic E-state index is 0.633. The van der Waals surface area contributed by atoms with Crippen LogP contribution in [0.15, 0.2) is 109 Å². The van der Waals surface area contributed by atoms with Gasteiger partial charge in [0, 0.05) is 21.2 Å². The Balaban J connectivity index is 0.000000687. The summed E-state index contributed by atoms with van der Waals surface area (Å²) < 4.78 is 1.03. The van der Waals surface area contributed by atoms with Gasteiger partial charge in [-0.2, -0.15) is 0 Å². The topological polar surface area (TPSA) is 25.8 Å². The Labute approximate surface area is 182 Å². The zero-order valence-electron chi connectivity index (χ0n) is 16.8. The van der Waals surface area contributed by atoms with Gasteiger partial charge in [-0.3, -0.25) is 0 Å². The van der Waals surface area contributed by atoms with Crippen LogP contribution in [0.5, 0.6) is 0 Å². The molecule has 0 aliphatic rings. The maximum atomic E-state index is 4.73. The summed E-state index contributed by atoms with van der Waals surface area (Å²) in [6.45, 7) is 11.6. The van der Waals surface area contributed by atoms with Crippen molar-refractivity contribution in [1.82, 2.24) is 9.97 Å². The Hall–Kier alpha value is -3.04. The fourth-order valence-corrected chi connectivity index (χ4v) is 2.73. The molecule has 146 valence electrons. The van der Waals surface area contributed by atoms with Crippen LogP contribution in [0.4, 0.5) is 0 Å². The molecule has 0 amide bonds. The Morgan fingerprint density at radius 3 is 1.86 bits per heavy atom. The number of rotatable bonds is 5. The zero-order chi connectivity index (χ0) is 21.1. The van der Waals surface area contributed by atoms with Gasteiger partial charge in [0.15, 0.2) is 5.82 Å². The molecule has 0 aliphatic carbocycles. The quantitative estimate of drug-likeness (QED) is 0.295. The van der Waals surface area contributed by atoms with Crippen LogP contribution in [0.3, 0.4) is 0 Å². The van der Waals surface area contributed by atoms with Gasteiger partial charge in [-0.1, -0.05) is 102 Å². The van der Waals surface area contributed by atoms with Crippen molar-refractivity contribution in [3.8, 4) is 22.5 Å². The van der Waals surface area contributed by atoms with E-state index in [0.717, 1.165) is 32.6 Å². The van der Waals surface area contributed by atoms with Crippen LogP contribution < -0.4 is 0 Å². The van der Waals surface area contributed by atoms with E-state index in [1.807, 2.05) is 92.7 Å². The van der Waals surface area contributed by atoms with Crippen LogP contribution in [-0.4, -0.2) is 9.97 Å². The standard InChI is InChI=1S/C22H17BrN2.C4H8/c1-3-8-16(4-2)22-24-20(17-9-6-5-7-10-17)15-21(25-22)18-11-13-19(23)14-12-18;1-3-4-2/h3-15H,1-2H2;3-4H,1-2H3/b16-8+;4-3-. The second-order valence-electron chi connectivity index (χ2n) is 6.06. The van der Waals surface area contributed by atoms with Crippen molar-refractivity contribution in [3.63, 3.8) is 0 Å². The molecule has 0 atom stereocenters. The van der Waals surface area contributed by atoms with Gasteiger partial charge < -0.3 is 0 Å². The van der Waals surface area contributed by atoms with Crippen LogP contribution in [0.2, 0.25) is 0 Å². The second-order valence-corrected chi connectivity index (χ2v) is 6.98. The van der Waals surface area contributed by atoms with Crippen LogP contribution in [0.1, 0.15) is 19.7 Å². The predicted octanol–water partition coefficient (Wildman–Crippen LogP) is 7.91. The highest BCUT2D eigenvalue weighted by Gasteiger charge is 2.10. The van der Waals surface area contributed by atoms with E-state index in [1.54, 1.807) is 12.2 Å². The van der Waals surface area contributed by atoms with E-state index in [1.165, 1.54) is 0 Å². The fraction of sp³-hybridized carbons (Fsp3) is 0.0769. The first-order valence-electron chi connectivity index (χ1n) is 9.36. The molecule has 1 aromatic heterocycles. The average molecular weight is 445 g/mol. The maximum Gasteiger partial charge on any atom is 0.160 e. The lowest BCUT2D eigenvalue weighted by Crippen LogP contribution is -1.98. The predicted molar refractivity (Wildman–Crippen MR) is 129 cm³/mol. The first-order valence-corrected chi connectivity index (χ1v) is 10.2. The van der Waals surface area contributed by atoms with E-state index < -0.39 is 0 Å². The highest BCUT2D eigenvalue weighted by molar-refractivity contribution is 9.10. The number of benzene rings is 2. The normalized spacial score (nSPS) is 10.9. The molecule has 3 rings (SSSR count). The zero-order valence-corrected chi connectivity index (χ0v) is 18.4. The number of halogens is 1. The van der Waals surface area contributed by atoms with Gasteiger partial charge in [0.1, 0.15) is 0 Å². The van der Waals surface area contributed by atoms with Crippen molar-refractivity contribution in [2.45, 2.75) is 13.8 Å².